The molecule has 6 heteroatoms. The van der Waals surface area contributed by atoms with Crippen LogP contribution in [0.2, 0.25) is 0 Å². The fraction of sp³-hybridized carbons (Fsp3) is 0.533. The van der Waals surface area contributed by atoms with Crippen LogP contribution in [0.5, 0.6) is 0 Å². The van der Waals surface area contributed by atoms with Gasteiger partial charge < -0.3 is 10.6 Å². The third kappa shape index (κ3) is 3.15. The van der Waals surface area contributed by atoms with Gasteiger partial charge in [0.05, 0.1) is 0 Å². The first-order valence-corrected chi connectivity index (χ1v) is 7.56. The van der Waals surface area contributed by atoms with E-state index in [0.29, 0.717) is 5.92 Å². The van der Waals surface area contributed by atoms with Crippen LogP contribution in [0, 0.1) is 6.92 Å². The number of aryl methyl sites for hydroxylation is 1. The molecule has 0 bridgehead atoms. The topological polar surface area (TPSA) is 67.7 Å². The van der Waals surface area contributed by atoms with Gasteiger partial charge in [0.1, 0.15) is 17.5 Å². The molecule has 0 atom stereocenters. The highest BCUT2D eigenvalue weighted by atomic mass is 15.3. The summed E-state index contributed by atoms with van der Waals surface area (Å²) >= 11 is 0. The molecule has 2 N–H and O–H groups in total. The third-order valence-electron chi connectivity index (χ3n) is 3.61. The number of aromatic nitrogens is 4. The summed E-state index contributed by atoms with van der Waals surface area (Å²) in [6.07, 6.45) is 5.38. The average Bonchev–Trinajstić information content (AvgIpc) is 3.23. The lowest BCUT2D eigenvalue weighted by atomic mass is 10.2. The molecule has 0 unspecified atom stereocenters. The number of rotatable bonds is 6. The summed E-state index contributed by atoms with van der Waals surface area (Å²) in [6.45, 7) is 5.11. The molecule has 0 spiro atoms. The van der Waals surface area contributed by atoms with Gasteiger partial charge in [0.15, 0.2) is 5.82 Å². The first kappa shape index (κ1) is 13.9. The molecule has 0 saturated heterocycles. The van der Waals surface area contributed by atoms with Crippen molar-refractivity contribution in [3.05, 3.63) is 23.7 Å². The van der Waals surface area contributed by atoms with Gasteiger partial charge in [-0.05, 0) is 26.2 Å². The lowest BCUT2D eigenvalue weighted by Crippen LogP contribution is -2.10. The van der Waals surface area contributed by atoms with Gasteiger partial charge in [-0.2, -0.15) is 5.10 Å². The van der Waals surface area contributed by atoms with E-state index in [4.69, 9.17) is 9.97 Å². The fourth-order valence-corrected chi connectivity index (χ4v) is 2.20. The van der Waals surface area contributed by atoms with Gasteiger partial charge in [-0.15, -0.1) is 0 Å². The van der Waals surface area contributed by atoms with Gasteiger partial charge in [0.25, 0.3) is 0 Å². The quantitative estimate of drug-likeness (QED) is 0.854. The SMILES string of the molecule is CCCNc1nc(C2CC2)nc(Nc2ccn(C)n2)c1C. The van der Waals surface area contributed by atoms with Crippen LogP contribution < -0.4 is 10.6 Å². The van der Waals surface area contributed by atoms with Crippen molar-refractivity contribution in [1.82, 2.24) is 19.7 Å². The van der Waals surface area contributed by atoms with Crippen LogP contribution in [0.3, 0.4) is 0 Å². The van der Waals surface area contributed by atoms with E-state index in [2.05, 4.69) is 22.7 Å². The summed E-state index contributed by atoms with van der Waals surface area (Å²) in [7, 11) is 1.90. The number of hydrogen-bond donors (Lipinski definition) is 2. The van der Waals surface area contributed by atoms with E-state index >= 15 is 0 Å². The molecular formula is C15H22N6. The van der Waals surface area contributed by atoms with E-state index in [0.717, 1.165) is 41.8 Å². The Hall–Kier alpha value is -2.11. The third-order valence-corrected chi connectivity index (χ3v) is 3.61. The van der Waals surface area contributed by atoms with Gasteiger partial charge >= 0.3 is 0 Å². The molecule has 0 aliphatic heterocycles. The summed E-state index contributed by atoms with van der Waals surface area (Å²) in [5, 5.41) is 11.1. The first-order chi connectivity index (χ1) is 10.2. The maximum Gasteiger partial charge on any atom is 0.153 e. The molecule has 6 nitrogen and oxygen atoms in total. The molecule has 2 aromatic rings. The molecule has 1 saturated carbocycles. The predicted octanol–water partition coefficient (Wildman–Crippen LogP) is 2.96. The molecular weight excluding hydrogens is 264 g/mol. The van der Waals surface area contributed by atoms with E-state index < -0.39 is 0 Å². The van der Waals surface area contributed by atoms with Crippen LogP contribution in [0.25, 0.3) is 0 Å². The molecule has 0 radical (unpaired) electrons. The molecule has 3 rings (SSSR count). The maximum absolute atomic E-state index is 4.70. The van der Waals surface area contributed by atoms with Crippen molar-refractivity contribution >= 4 is 17.5 Å². The number of anilines is 3. The highest BCUT2D eigenvalue weighted by Crippen LogP contribution is 2.39. The van der Waals surface area contributed by atoms with E-state index in [1.165, 1.54) is 12.8 Å². The summed E-state index contributed by atoms with van der Waals surface area (Å²) in [6, 6.07) is 1.94. The fourth-order valence-electron chi connectivity index (χ4n) is 2.20. The number of hydrogen-bond acceptors (Lipinski definition) is 5. The largest absolute Gasteiger partial charge is 0.370 e. The monoisotopic (exact) mass is 286 g/mol. The van der Waals surface area contributed by atoms with Crippen molar-refractivity contribution in [2.45, 2.75) is 39.0 Å². The van der Waals surface area contributed by atoms with Gasteiger partial charge in [-0.3, -0.25) is 4.68 Å². The first-order valence-electron chi connectivity index (χ1n) is 7.56. The Morgan fingerprint density at radius 3 is 2.67 bits per heavy atom. The van der Waals surface area contributed by atoms with E-state index in [1.807, 2.05) is 26.2 Å². The maximum atomic E-state index is 4.70. The minimum atomic E-state index is 0.525. The minimum Gasteiger partial charge on any atom is -0.370 e. The Kier molecular flexibility index (Phi) is 3.77. The molecule has 1 aliphatic carbocycles. The van der Waals surface area contributed by atoms with Crippen LogP contribution in [0.1, 0.15) is 43.5 Å². The predicted molar refractivity (Wildman–Crippen MR) is 84.0 cm³/mol. The highest BCUT2D eigenvalue weighted by Gasteiger charge is 2.28. The van der Waals surface area contributed by atoms with Crippen molar-refractivity contribution in [1.29, 1.82) is 0 Å². The summed E-state index contributed by atoms with van der Waals surface area (Å²) in [5.41, 5.74) is 1.04. The second kappa shape index (κ2) is 5.71. The smallest absolute Gasteiger partial charge is 0.153 e. The molecule has 2 aromatic heterocycles. The van der Waals surface area contributed by atoms with E-state index in [-0.39, 0.29) is 0 Å². The zero-order valence-electron chi connectivity index (χ0n) is 12.8. The van der Waals surface area contributed by atoms with Crippen LogP contribution in [-0.2, 0) is 7.05 Å². The second-order valence-corrected chi connectivity index (χ2v) is 5.60. The van der Waals surface area contributed by atoms with Crippen molar-refractivity contribution in [2.75, 3.05) is 17.2 Å². The molecule has 21 heavy (non-hydrogen) atoms. The zero-order chi connectivity index (χ0) is 14.8. The molecule has 1 fully saturated rings. The lowest BCUT2D eigenvalue weighted by Gasteiger charge is -2.14. The number of nitrogens with one attached hydrogen (secondary N) is 2. The van der Waals surface area contributed by atoms with Crippen molar-refractivity contribution in [2.24, 2.45) is 7.05 Å². The van der Waals surface area contributed by atoms with Gasteiger partial charge in [-0.25, -0.2) is 9.97 Å². The molecule has 2 heterocycles. The van der Waals surface area contributed by atoms with Crippen LogP contribution in [0.4, 0.5) is 17.5 Å². The molecule has 0 amide bonds. The van der Waals surface area contributed by atoms with E-state index in [9.17, 15) is 0 Å². The molecule has 112 valence electrons. The van der Waals surface area contributed by atoms with Gasteiger partial charge in [-0.1, -0.05) is 6.92 Å². The second-order valence-electron chi connectivity index (χ2n) is 5.60. The van der Waals surface area contributed by atoms with Crippen molar-refractivity contribution in [3.63, 3.8) is 0 Å². The van der Waals surface area contributed by atoms with Crippen molar-refractivity contribution < 1.29 is 0 Å². The normalized spacial score (nSPS) is 14.2. The van der Waals surface area contributed by atoms with Crippen LogP contribution in [-0.4, -0.2) is 26.3 Å². The minimum absolute atomic E-state index is 0.525. The van der Waals surface area contributed by atoms with E-state index in [1.54, 1.807) is 4.68 Å². The van der Waals surface area contributed by atoms with Crippen LogP contribution in [0.15, 0.2) is 12.3 Å². The zero-order valence-corrected chi connectivity index (χ0v) is 12.8. The van der Waals surface area contributed by atoms with Crippen LogP contribution >= 0.6 is 0 Å². The Labute approximate surface area is 125 Å². The molecule has 0 aromatic carbocycles. The Morgan fingerprint density at radius 1 is 1.29 bits per heavy atom. The summed E-state index contributed by atoms with van der Waals surface area (Å²) < 4.78 is 1.77. The van der Waals surface area contributed by atoms with Gasteiger partial charge in [0, 0.05) is 37.3 Å². The Balaban J connectivity index is 1.91. The summed E-state index contributed by atoms with van der Waals surface area (Å²) in [5.74, 6) is 4.06. The molecule has 1 aliphatic rings. The standard InChI is InChI=1S/C15H22N6/c1-4-8-16-13-10(2)14(17-12-7-9-21(3)20-12)19-15(18-13)11-5-6-11/h7,9,11H,4-6,8H2,1-3H3,(H2,16,17,18,19,20). The highest BCUT2D eigenvalue weighted by molar-refractivity contribution is 5.63. The average molecular weight is 286 g/mol. The van der Waals surface area contributed by atoms with Gasteiger partial charge in [0.2, 0.25) is 0 Å². The lowest BCUT2D eigenvalue weighted by molar-refractivity contribution is 0.770. The summed E-state index contributed by atoms with van der Waals surface area (Å²) in [4.78, 5) is 9.39. The Bertz CT molecular complexity index is 629. The number of nitrogens with zero attached hydrogens (tertiary/aromatic N) is 4. The Morgan fingerprint density at radius 2 is 2.05 bits per heavy atom. The van der Waals surface area contributed by atoms with Crippen molar-refractivity contribution in [3.8, 4) is 0 Å².